The van der Waals surface area contributed by atoms with Crippen molar-refractivity contribution >= 4 is 11.8 Å². The van der Waals surface area contributed by atoms with Gasteiger partial charge in [-0.1, -0.05) is 20.8 Å². The molecule has 0 amide bonds. The van der Waals surface area contributed by atoms with Gasteiger partial charge in [0.1, 0.15) is 6.17 Å². The summed E-state index contributed by atoms with van der Waals surface area (Å²) in [5, 5.41) is 0. The van der Waals surface area contributed by atoms with E-state index in [1.165, 1.54) is 0 Å². The van der Waals surface area contributed by atoms with Gasteiger partial charge in [-0.2, -0.15) is 0 Å². The van der Waals surface area contributed by atoms with E-state index in [1.54, 1.807) is 11.8 Å². The maximum atomic E-state index is 13.9. The van der Waals surface area contributed by atoms with Gasteiger partial charge in [0.05, 0.1) is 0 Å². The van der Waals surface area contributed by atoms with Crippen LogP contribution in [0.1, 0.15) is 27.2 Å². The fourth-order valence-corrected chi connectivity index (χ4v) is 2.84. The number of halogens is 1. The Morgan fingerprint density at radius 2 is 2.07 bits per heavy atom. The summed E-state index contributed by atoms with van der Waals surface area (Å²) in [6, 6.07) is 0. The fraction of sp³-hybridized carbons (Fsp3) is 1.00. The quantitative estimate of drug-likeness (QED) is 0.702. The van der Waals surface area contributed by atoms with Crippen LogP contribution >= 0.6 is 11.8 Å². The second-order valence-electron chi connectivity index (χ2n) is 5.27. The first-order valence-electron chi connectivity index (χ1n) is 5.30. The zero-order valence-electron chi connectivity index (χ0n) is 9.72. The van der Waals surface area contributed by atoms with Crippen molar-refractivity contribution in [3.05, 3.63) is 0 Å². The van der Waals surface area contributed by atoms with Crippen molar-refractivity contribution in [1.29, 1.82) is 0 Å². The molecule has 14 heavy (non-hydrogen) atoms. The van der Waals surface area contributed by atoms with Crippen LogP contribution in [0.25, 0.3) is 0 Å². The van der Waals surface area contributed by atoms with Gasteiger partial charge in [0.2, 0.25) is 0 Å². The molecule has 0 aliphatic carbocycles. The van der Waals surface area contributed by atoms with Crippen LogP contribution < -0.4 is 0 Å². The highest BCUT2D eigenvalue weighted by atomic mass is 32.2. The summed E-state index contributed by atoms with van der Waals surface area (Å²) in [6.45, 7) is 8.13. The van der Waals surface area contributed by atoms with Gasteiger partial charge in [-0.3, -0.25) is 4.90 Å². The molecule has 84 valence electrons. The molecule has 1 fully saturated rings. The normalized spacial score (nSPS) is 30.6. The number of likely N-dealkylation sites (tertiary alicyclic amines) is 1. The van der Waals surface area contributed by atoms with Crippen molar-refractivity contribution in [2.75, 3.05) is 25.2 Å². The Hall–Kier alpha value is 0.240. The van der Waals surface area contributed by atoms with E-state index in [-0.39, 0.29) is 11.3 Å². The molecule has 1 saturated heterocycles. The highest BCUT2D eigenvalue weighted by Crippen LogP contribution is 2.36. The van der Waals surface area contributed by atoms with Crippen LogP contribution in [0.5, 0.6) is 0 Å². The van der Waals surface area contributed by atoms with E-state index >= 15 is 0 Å². The Morgan fingerprint density at radius 1 is 1.43 bits per heavy atom. The first-order valence-corrected chi connectivity index (χ1v) is 6.70. The summed E-state index contributed by atoms with van der Waals surface area (Å²) in [4.78, 5) is 2.22. The molecule has 0 spiro atoms. The van der Waals surface area contributed by atoms with Crippen molar-refractivity contribution in [1.82, 2.24) is 4.90 Å². The van der Waals surface area contributed by atoms with Crippen molar-refractivity contribution in [3.8, 4) is 0 Å². The van der Waals surface area contributed by atoms with Gasteiger partial charge < -0.3 is 0 Å². The lowest BCUT2D eigenvalue weighted by atomic mass is 9.74. The second kappa shape index (κ2) is 4.84. The lowest BCUT2D eigenvalue weighted by Gasteiger charge is -2.40. The van der Waals surface area contributed by atoms with Crippen LogP contribution in [-0.2, 0) is 0 Å². The molecule has 0 radical (unpaired) electrons. The molecule has 2 atom stereocenters. The zero-order chi connectivity index (χ0) is 10.8. The lowest BCUT2D eigenvalue weighted by molar-refractivity contribution is 0.0345. The molecule has 0 aromatic rings. The van der Waals surface area contributed by atoms with E-state index < -0.39 is 6.17 Å². The smallest absolute Gasteiger partial charge is 0.116 e. The summed E-state index contributed by atoms with van der Waals surface area (Å²) in [5.41, 5.74) is 0.116. The molecule has 1 rings (SSSR count). The topological polar surface area (TPSA) is 3.24 Å². The summed E-state index contributed by atoms with van der Waals surface area (Å²) >= 11 is 1.78. The van der Waals surface area contributed by atoms with Gasteiger partial charge in [0.25, 0.3) is 0 Å². The first-order chi connectivity index (χ1) is 6.45. The summed E-state index contributed by atoms with van der Waals surface area (Å²) in [6.07, 6.45) is 2.44. The Balaban J connectivity index is 2.48. The van der Waals surface area contributed by atoms with Gasteiger partial charge in [-0.05, 0) is 30.6 Å². The van der Waals surface area contributed by atoms with E-state index in [0.717, 1.165) is 18.8 Å². The third-order valence-electron chi connectivity index (χ3n) is 3.05. The summed E-state index contributed by atoms with van der Waals surface area (Å²) in [5.74, 6) is 1.21. The molecule has 1 aliphatic heterocycles. The van der Waals surface area contributed by atoms with Crippen LogP contribution in [0.4, 0.5) is 4.39 Å². The third-order valence-corrected chi connectivity index (χ3v) is 3.67. The Kier molecular flexibility index (Phi) is 4.26. The second-order valence-corrected chi connectivity index (χ2v) is 6.11. The maximum Gasteiger partial charge on any atom is 0.116 e. The van der Waals surface area contributed by atoms with Gasteiger partial charge in [-0.25, -0.2) is 4.39 Å². The predicted molar refractivity (Wildman–Crippen MR) is 62.4 cm³/mol. The van der Waals surface area contributed by atoms with Gasteiger partial charge in [0.15, 0.2) is 0 Å². The van der Waals surface area contributed by atoms with Crippen molar-refractivity contribution in [2.24, 2.45) is 11.3 Å². The highest BCUT2D eigenvalue weighted by molar-refractivity contribution is 7.98. The third kappa shape index (κ3) is 3.13. The summed E-state index contributed by atoms with van der Waals surface area (Å²) < 4.78 is 13.9. The van der Waals surface area contributed by atoms with E-state index in [4.69, 9.17) is 0 Å². The van der Waals surface area contributed by atoms with E-state index in [0.29, 0.717) is 6.54 Å². The van der Waals surface area contributed by atoms with Crippen molar-refractivity contribution in [2.45, 2.75) is 33.4 Å². The molecule has 0 aromatic carbocycles. The minimum Gasteiger partial charge on any atom is -0.291 e. The molecule has 0 N–H and O–H groups in total. The zero-order valence-corrected chi connectivity index (χ0v) is 10.5. The number of alkyl halides is 1. The fourth-order valence-electron chi connectivity index (χ4n) is 2.24. The average molecular weight is 219 g/mol. The van der Waals surface area contributed by atoms with Crippen LogP contribution in [0, 0.1) is 11.3 Å². The largest absolute Gasteiger partial charge is 0.291 e. The van der Waals surface area contributed by atoms with Crippen LogP contribution in [0.15, 0.2) is 0 Å². The molecule has 1 heterocycles. The maximum absolute atomic E-state index is 13.9. The van der Waals surface area contributed by atoms with Gasteiger partial charge in [0, 0.05) is 12.4 Å². The average Bonchev–Trinajstić information content (AvgIpc) is 2.02. The summed E-state index contributed by atoms with van der Waals surface area (Å²) in [7, 11) is 0. The SMILES string of the molecule is CSCN1CCC(C(C)(C)C)C(F)C1. The molecular formula is C11H22FNS. The number of nitrogens with zero attached hydrogens (tertiary/aromatic N) is 1. The molecule has 3 heteroatoms. The monoisotopic (exact) mass is 219 g/mol. The molecule has 2 unspecified atom stereocenters. The van der Waals surface area contributed by atoms with Crippen LogP contribution in [-0.4, -0.2) is 36.3 Å². The van der Waals surface area contributed by atoms with Crippen molar-refractivity contribution < 1.29 is 4.39 Å². The minimum absolute atomic E-state index is 0.116. The van der Waals surface area contributed by atoms with E-state index in [2.05, 4.69) is 31.9 Å². The van der Waals surface area contributed by atoms with E-state index in [9.17, 15) is 4.39 Å². The Bertz CT molecular complexity index is 179. The van der Waals surface area contributed by atoms with Crippen LogP contribution in [0.3, 0.4) is 0 Å². The molecule has 0 bridgehead atoms. The molecule has 0 saturated carbocycles. The number of hydrogen-bond donors (Lipinski definition) is 0. The van der Waals surface area contributed by atoms with E-state index in [1.807, 2.05) is 0 Å². The molecule has 1 aliphatic rings. The highest BCUT2D eigenvalue weighted by Gasteiger charge is 2.36. The number of rotatable bonds is 2. The number of hydrogen-bond acceptors (Lipinski definition) is 2. The Labute approximate surface area is 91.4 Å². The molecule has 1 nitrogen and oxygen atoms in total. The minimum atomic E-state index is -0.643. The standard InChI is InChI=1S/C11H22FNS/c1-11(2,3)9-5-6-13(8-14-4)7-10(9)12/h9-10H,5-8H2,1-4H3. The molecular weight excluding hydrogens is 197 g/mol. The number of piperidine rings is 1. The van der Waals surface area contributed by atoms with Gasteiger partial charge >= 0.3 is 0 Å². The van der Waals surface area contributed by atoms with Gasteiger partial charge in [-0.15, -0.1) is 11.8 Å². The lowest BCUT2D eigenvalue weighted by Crippen LogP contribution is -2.45. The Morgan fingerprint density at radius 3 is 2.50 bits per heavy atom. The molecule has 0 aromatic heterocycles. The van der Waals surface area contributed by atoms with Crippen LogP contribution in [0.2, 0.25) is 0 Å². The van der Waals surface area contributed by atoms with Crippen molar-refractivity contribution in [3.63, 3.8) is 0 Å². The number of thioether (sulfide) groups is 1. The first kappa shape index (κ1) is 12.3. The predicted octanol–water partition coefficient (Wildman–Crippen LogP) is 3.01.